The zero-order valence-electron chi connectivity index (χ0n) is 20.6. The molecule has 1 aliphatic rings. The highest BCUT2D eigenvalue weighted by molar-refractivity contribution is 7.89. The summed E-state index contributed by atoms with van der Waals surface area (Å²) in [5.74, 6) is 0.372. The van der Waals surface area contributed by atoms with Gasteiger partial charge in [-0.05, 0) is 25.5 Å². The number of piperazine rings is 1. The van der Waals surface area contributed by atoms with Crippen LogP contribution in [0.15, 0.2) is 60.8 Å². The third kappa shape index (κ3) is 5.94. The molecule has 3 rings (SSSR count). The summed E-state index contributed by atoms with van der Waals surface area (Å²) in [6.07, 6.45) is 5.50. The molecule has 1 aromatic carbocycles. The Hall–Kier alpha value is -3.11. The zero-order chi connectivity index (χ0) is 25.4. The number of sulfonamides is 1. The van der Waals surface area contributed by atoms with Gasteiger partial charge in [0.25, 0.3) is 15.9 Å². The average Bonchev–Trinajstić information content (AvgIpc) is 3.29. The van der Waals surface area contributed by atoms with Crippen molar-refractivity contribution in [2.75, 3.05) is 50.8 Å². The van der Waals surface area contributed by atoms with Gasteiger partial charge in [-0.15, -0.1) is 13.2 Å². The van der Waals surface area contributed by atoms with Gasteiger partial charge in [-0.1, -0.05) is 31.2 Å². The molecule has 0 aliphatic carbocycles. The highest BCUT2D eigenvalue weighted by Crippen LogP contribution is 2.30. The predicted octanol–water partition coefficient (Wildman–Crippen LogP) is 3.02. The number of para-hydroxylation sites is 2. The molecule has 2 aromatic rings. The first kappa shape index (κ1) is 26.5. The van der Waals surface area contributed by atoms with Gasteiger partial charge in [-0.25, -0.2) is 8.42 Å². The molecule has 35 heavy (non-hydrogen) atoms. The topological polar surface area (TPSA) is 88.0 Å². The summed E-state index contributed by atoms with van der Waals surface area (Å²) in [5.41, 5.74) is 1.02. The summed E-state index contributed by atoms with van der Waals surface area (Å²) in [6.45, 7) is 14.5. The Bertz CT molecular complexity index is 1130. The summed E-state index contributed by atoms with van der Waals surface area (Å²) in [6, 6.07) is 7.75. The lowest BCUT2D eigenvalue weighted by molar-refractivity contribution is 0.0786. The Balaban J connectivity index is 1.86. The molecule has 2 heterocycles. The number of amides is 1. The maximum absolute atomic E-state index is 13.7. The van der Waals surface area contributed by atoms with Crippen molar-refractivity contribution >= 4 is 21.6 Å². The summed E-state index contributed by atoms with van der Waals surface area (Å²) in [4.78, 5) is 16.9. The molecule has 0 saturated carbocycles. The van der Waals surface area contributed by atoms with Crippen LogP contribution in [0.5, 0.6) is 5.75 Å². The van der Waals surface area contributed by atoms with E-state index >= 15 is 0 Å². The van der Waals surface area contributed by atoms with Crippen LogP contribution >= 0.6 is 0 Å². The normalized spacial score (nSPS) is 14.5. The summed E-state index contributed by atoms with van der Waals surface area (Å²) >= 11 is 0. The Morgan fingerprint density at radius 3 is 2.37 bits per heavy atom. The maximum atomic E-state index is 13.7. The molecule has 1 aromatic heterocycles. The van der Waals surface area contributed by atoms with Crippen molar-refractivity contribution in [2.24, 2.45) is 0 Å². The molecule has 0 atom stereocenters. The molecule has 1 amide bonds. The van der Waals surface area contributed by atoms with Crippen molar-refractivity contribution in [3.05, 3.63) is 61.3 Å². The first-order valence-corrected chi connectivity index (χ1v) is 13.4. The van der Waals surface area contributed by atoms with E-state index in [9.17, 15) is 13.2 Å². The molecule has 0 spiro atoms. The number of anilines is 1. The molecular formula is C25H35N5O4S. The Morgan fingerprint density at radius 2 is 1.77 bits per heavy atom. The number of nitrogens with zero attached hydrogens (tertiary/aromatic N) is 5. The first-order chi connectivity index (χ1) is 16.9. The lowest BCUT2D eigenvalue weighted by atomic mass is 10.2. The fourth-order valence-electron chi connectivity index (χ4n) is 4.09. The van der Waals surface area contributed by atoms with Crippen LogP contribution in [0.1, 0.15) is 30.6 Å². The van der Waals surface area contributed by atoms with Crippen LogP contribution in [0.25, 0.3) is 0 Å². The van der Waals surface area contributed by atoms with Crippen LogP contribution < -0.4 is 9.64 Å². The van der Waals surface area contributed by atoms with Crippen molar-refractivity contribution in [3.63, 3.8) is 0 Å². The van der Waals surface area contributed by atoms with Crippen molar-refractivity contribution in [1.29, 1.82) is 0 Å². The largest absolute Gasteiger partial charge is 0.492 e. The second-order valence-corrected chi connectivity index (χ2v) is 10.0. The number of aryl methyl sites for hydroxylation is 1. The number of aromatic nitrogens is 2. The van der Waals surface area contributed by atoms with E-state index in [1.54, 1.807) is 12.2 Å². The van der Waals surface area contributed by atoms with Crippen LogP contribution in [0.4, 0.5) is 5.69 Å². The molecule has 1 saturated heterocycles. The third-order valence-corrected chi connectivity index (χ3v) is 7.56. The minimum Gasteiger partial charge on any atom is -0.492 e. The quantitative estimate of drug-likeness (QED) is 0.416. The van der Waals surface area contributed by atoms with Crippen LogP contribution in [-0.2, 0) is 16.6 Å². The van der Waals surface area contributed by atoms with Gasteiger partial charge in [-0.3, -0.25) is 9.48 Å². The van der Waals surface area contributed by atoms with Gasteiger partial charge in [0.1, 0.15) is 5.75 Å². The second-order valence-electron chi connectivity index (χ2n) is 8.19. The third-order valence-electron chi connectivity index (χ3n) is 5.73. The Morgan fingerprint density at radius 1 is 1.11 bits per heavy atom. The number of carbonyl (C=O) groups excluding carboxylic acids is 1. The van der Waals surface area contributed by atoms with E-state index in [1.807, 2.05) is 38.1 Å². The molecule has 1 aliphatic heterocycles. The molecule has 9 nitrogen and oxygen atoms in total. The lowest BCUT2D eigenvalue weighted by Crippen LogP contribution is -2.49. The van der Waals surface area contributed by atoms with Gasteiger partial charge in [0.2, 0.25) is 5.03 Å². The van der Waals surface area contributed by atoms with E-state index in [0.29, 0.717) is 26.2 Å². The smallest absolute Gasteiger partial charge is 0.263 e. The maximum Gasteiger partial charge on any atom is 0.263 e. The molecular weight excluding hydrogens is 466 g/mol. The average molecular weight is 502 g/mol. The minimum absolute atomic E-state index is 0.0753. The first-order valence-electron chi connectivity index (χ1n) is 11.9. The second kappa shape index (κ2) is 12.0. The fourth-order valence-corrected chi connectivity index (χ4v) is 5.61. The summed E-state index contributed by atoms with van der Waals surface area (Å²) in [7, 11) is -3.98. The molecule has 1 fully saturated rings. The molecule has 0 unspecified atom stereocenters. The Labute approximate surface area is 208 Å². The van der Waals surface area contributed by atoms with E-state index in [0.717, 1.165) is 17.9 Å². The molecule has 190 valence electrons. The van der Waals surface area contributed by atoms with Crippen molar-refractivity contribution < 1.29 is 17.9 Å². The fraction of sp³-hybridized carbons (Fsp3) is 0.440. The minimum atomic E-state index is -3.98. The number of benzene rings is 1. The van der Waals surface area contributed by atoms with Gasteiger partial charge in [-0.2, -0.15) is 9.40 Å². The van der Waals surface area contributed by atoms with E-state index in [1.165, 1.54) is 20.1 Å². The Kier molecular flexibility index (Phi) is 9.11. The van der Waals surface area contributed by atoms with Gasteiger partial charge in [0.15, 0.2) is 0 Å². The number of hydrogen-bond donors (Lipinski definition) is 0. The highest BCUT2D eigenvalue weighted by Gasteiger charge is 2.36. The number of hydrogen-bond acceptors (Lipinski definition) is 6. The number of ether oxygens (including phenoxy) is 1. The van der Waals surface area contributed by atoms with Crippen molar-refractivity contribution in [2.45, 2.75) is 31.8 Å². The molecule has 0 N–H and O–H groups in total. The SMILES string of the molecule is C=CCN(CC=C)C(=O)c1cn(CCC)nc1S(=O)(=O)N1CCN(c2ccccc2OCC)CC1. The number of carbonyl (C=O) groups is 1. The van der Waals surface area contributed by atoms with Gasteiger partial charge in [0.05, 0.1) is 17.9 Å². The summed E-state index contributed by atoms with van der Waals surface area (Å²) < 4.78 is 36.0. The van der Waals surface area contributed by atoms with E-state index in [2.05, 4.69) is 23.2 Å². The monoisotopic (exact) mass is 501 g/mol. The van der Waals surface area contributed by atoms with Crippen molar-refractivity contribution in [3.8, 4) is 5.75 Å². The van der Waals surface area contributed by atoms with Crippen LogP contribution in [0.3, 0.4) is 0 Å². The van der Waals surface area contributed by atoms with E-state index in [4.69, 9.17) is 4.74 Å². The predicted molar refractivity (Wildman–Crippen MR) is 137 cm³/mol. The van der Waals surface area contributed by atoms with Gasteiger partial charge >= 0.3 is 0 Å². The van der Waals surface area contributed by atoms with Crippen molar-refractivity contribution in [1.82, 2.24) is 19.0 Å². The molecule has 0 radical (unpaired) electrons. The van der Waals surface area contributed by atoms with Crippen LogP contribution in [0.2, 0.25) is 0 Å². The van der Waals surface area contributed by atoms with Crippen LogP contribution in [0, 0.1) is 0 Å². The van der Waals surface area contributed by atoms with Gasteiger partial charge < -0.3 is 14.5 Å². The van der Waals surface area contributed by atoms with Gasteiger partial charge in [0, 0.05) is 52.0 Å². The number of rotatable bonds is 12. The molecule has 10 heteroatoms. The lowest BCUT2D eigenvalue weighted by Gasteiger charge is -2.35. The standard InChI is InChI=1S/C25H35N5O4S/c1-5-13-28(14-6-2)25(31)21-20-29(15-7-3)26-24(21)35(32,33)30-18-16-27(17-19-30)22-11-9-10-12-23(22)34-8-4/h5-6,9-12,20H,1-2,7-8,13-19H2,3-4H3. The zero-order valence-corrected chi connectivity index (χ0v) is 21.4. The molecule has 0 bridgehead atoms. The van der Waals surface area contributed by atoms with E-state index in [-0.39, 0.29) is 36.8 Å². The van der Waals surface area contributed by atoms with E-state index < -0.39 is 15.9 Å². The highest BCUT2D eigenvalue weighted by atomic mass is 32.2. The summed E-state index contributed by atoms with van der Waals surface area (Å²) in [5, 5.41) is 4.14. The van der Waals surface area contributed by atoms with Crippen LogP contribution in [-0.4, -0.2) is 79.2 Å².